The maximum Gasteiger partial charge on any atom is 0.421 e. The van der Waals surface area contributed by atoms with Crippen LogP contribution in [0.3, 0.4) is 0 Å². The van der Waals surface area contributed by atoms with Crippen LogP contribution < -0.4 is 21.7 Å². The van der Waals surface area contributed by atoms with Gasteiger partial charge in [0.15, 0.2) is 0 Å². The molecule has 2 fully saturated rings. The molecule has 1 aromatic heterocycles. The first-order chi connectivity index (χ1) is 17.6. The number of carbonyl (C=O) groups is 2. The predicted molar refractivity (Wildman–Crippen MR) is 135 cm³/mol. The van der Waals surface area contributed by atoms with Gasteiger partial charge in [-0.1, -0.05) is 31.9 Å². The van der Waals surface area contributed by atoms with Crippen molar-refractivity contribution in [3.63, 3.8) is 0 Å². The molecule has 2 aliphatic carbocycles. The number of nitrogens with two attached hydrogens (primary N) is 1. The molecule has 4 rings (SSSR count). The van der Waals surface area contributed by atoms with Crippen molar-refractivity contribution < 1.29 is 22.8 Å². The third-order valence-corrected chi connectivity index (χ3v) is 7.07. The molecule has 0 spiro atoms. The number of carbonyl (C=O) groups excluding carboxylic acids is 2. The van der Waals surface area contributed by atoms with Gasteiger partial charge in [-0.15, -0.1) is 0 Å². The second-order valence-corrected chi connectivity index (χ2v) is 9.67. The fourth-order valence-corrected chi connectivity index (χ4v) is 5.11. The van der Waals surface area contributed by atoms with E-state index in [1.165, 1.54) is 0 Å². The second-order valence-electron chi connectivity index (χ2n) is 9.67. The Morgan fingerprint density at radius 3 is 2.51 bits per heavy atom. The lowest BCUT2D eigenvalue weighted by Crippen LogP contribution is -2.34. The zero-order valence-corrected chi connectivity index (χ0v) is 20.4. The van der Waals surface area contributed by atoms with Crippen molar-refractivity contribution in [3.05, 3.63) is 48.2 Å². The molecule has 2 aliphatic rings. The van der Waals surface area contributed by atoms with E-state index in [9.17, 15) is 22.8 Å². The molecule has 0 saturated heterocycles. The molecule has 0 radical (unpaired) electrons. The van der Waals surface area contributed by atoms with Gasteiger partial charge in [-0.2, -0.15) is 18.2 Å². The number of anilines is 4. The summed E-state index contributed by atoms with van der Waals surface area (Å²) < 4.78 is 41.5. The number of benzene rings is 1. The molecule has 2 amide bonds. The molecule has 0 unspecified atom stereocenters. The Labute approximate surface area is 213 Å². The van der Waals surface area contributed by atoms with Gasteiger partial charge in [-0.3, -0.25) is 9.59 Å². The van der Waals surface area contributed by atoms with Gasteiger partial charge in [0.05, 0.1) is 11.4 Å². The summed E-state index contributed by atoms with van der Waals surface area (Å²) >= 11 is 0. The minimum atomic E-state index is -4.71. The third kappa shape index (κ3) is 6.58. The minimum Gasteiger partial charge on any atom is -0.369 e. The zero-order valence-electron chi connectivity index (χ0n) is 20.4. The fourth-order valence-electron chi connectivity index (χ4n) is 5.11. The van der Waals surface area contributed by atoms with Crippen molar-refractivity contribution in [2.75, 3.05) is 16.0 Å². The van der Waals surface area contributed by atoms with Crippen LogP contribution >= 0.6 is 0 Å². The number of hydrogen-bond acceptors (Lipinski definition) is 6. The lowest BCUT2D eigenvalue weighted by atomic mass is 9.85. The predicted octanol–water partition coefficient (Wildman–Crippen LogP) is 5.48. The molecule has 2 atom stereocenters. The summed E-state index contributed by atoms with van der Waals surface area (Å²) in [5, 5.41) is 8.51. The summed E-state index contributed by atoms with van der Waals surface area (Å²) in [7, 11) is 0. The fraction of sp³-hybridized carbons (Fsp3) is 0.462. The Balaban J connectivity index is 1.64. The van der Waals surface area contributed by atoms with Crippen LogP contribution in [0.25, 0.3) is 0 Å². The van der Waals surface area contributed by atoms with Gasteiger partial charge in [0.2, 0.25) is 17.8 Å². The van der Waals surface area contributed by atoms with Gasteiger partial charge in [0.1, 0.15) is 11.4 Å². The smallest absolute Gasteiger partial charge is 0.369 e. The summed E-state index contributed by atoms with van der Waals surface area (Å²) in [6, 6.07) is 5.12. The number of hydrogen-bond donors (Lipinski definition) is 4. The monoisotopic (exact) mass is 516 g/mol. The quantitative estimate of drug-likeness (QED) is 0.345. The molecule has 0 bridgehead atoms. The van der Waals surface area contributed by atoms with Crippen LogP contribution in [-0.4, -0.2) is 27.8 Å². The number of rotatable bonds is 8. The average Bonchev–Trinajstić information content (AvgIpc) is 3.39. The van der Waals surface area contributed by atoms with Crippen LogP contribution in [0.4, 0.5) is 36.3 Å². The van der Waals surface area contributed by atoms with E-state index in [-0.39, 0.29) is 23.6 Å². The molecule has 37 heavy (non-hydrogen) atoms. The van der Waals surface area contributed by atoms with Crippen LogP contribution in [0.5, 0.6) is 0 Å². The number of nitrogens with one attached hydrogen (secondary N) is 3. The highest BCUT2D eigenvalue weighted by molar-refractivity contribution is 6.01. The molecule has 2 saturated carbocycles. The van der Waals surface area contributed by atoms with Gasteiger partial charge in [-0.05, 0) is 61.8 Å². The molecule has 1 aromatic carbocycles. The Kier molecular flexibility index (Phi) is 7.99. The summed E-state index contributed by atoms with van der Waals surface area (Å²) in [6.07, 6.45) is 4.03. The number of halogens is 3. The average molecular weight is 517 g/mol. The minimum absolute atomic E-state index is 0.00451. The number of aromatic nitrogens is 2. The Morgan fingerprint density at radius 1 is 1.08 bits per heavy atom. The number of primary amides is 1. The summed E-state index contributed by atoms with van der Waals surface area (Å²) in [5.74, 6) is -1.27. The van der Waals surface area contributed by atoms with Crippen molar-refractivity contribution in [1.82, 2.24) is 9.97 Å². The van der Waals surface area contributed by atoms with Gasteiger partial charge in [0, 0.05) is 18.2 Å². The van der Waals surface area contributed by atoms with Crippen LogP contribution in [0.1, 0.15) is 68.4 Å². The van der Waals surface area contributed by atoms with Gasteiger partial charge in [0.25, 0.3) is 0 Å². The van der Waals surface area contributed by atoms with E-state index in [2.05, 4.69) is 32.5 Å². The maximum absolute atomic E-state index is 13.8. The lowest BCUT2D eigenvalue weighted by Gasteiger charge is -2.28. The topological polar surface area (TPSA) is 122 Å². The Morgan fingerprint density at radius 2 is 1.84 bits per heavy atom. The maximum atomic E-state index is 13.8. The van der Waals surface area contributed by atoms with E-state index >= 15 is 0 Å². The first kappa shape index (κ1) is 26.4. The highest BCUT2D eigenvalue weighted by Gasteiger charge is 2.36. The molecular formula is C26H31F3N6O2. The normalized spacial score (nSPS) is 20.3. The molecule has 8 nitrogen and oxygen atoms in total. The molecular weight excluding hydrogens is 485 g/mol. The molecule has 198 valence electrons. The lowest BCUT2D eigenvalue weighted by molar-refractivity contribution is -0.137. The Hall–Kier alpha value is -3.63. The summed E-state index contributed by atoms with van der Waals surface area (Å²) in [5.41, 5.74) is 6.02. The van der Waals surface area contributed by atoms with E-state index in [0.717, 1.165) is 56.4 Å². The third-order valence-electron chi connectivity index (χ3n) is 7.07. The molecule has 11 heteroatoms. The first-order valence-electron chi connectivity index (χ1n) is 12.5. The summed E-state index contributed by atoms with van der Waals surface area (Å²) in [4.78, 5) is 31.7. The molecule has 1 heterocycles. The van der Waals surface area contributed by atoms with E-state index in [0.29, 0.717) is 24.4 Å². The van der Waals surface area contributed by atoms with Gasteiger partial charge < -0.3 is 21.7 Å². The van der Waals surface area contributed by atoms with Crippen LogP contribution in [0.2, 0.25) is 0 Å². The van der Waals surface area contributed by atoms with Crippen LogP contribution in [-0.2, 0) is 15.8 Å². The number of nitrogens with zero attached hydrogens (tertiary/aromatic N) is 2. The van der Waals surface area contributed by atoms with Crippen molar-refractivity contribution in [3.8, 4) is 0 Å². The van der Waals surface area contributed by atoms with Crippen LogP contribution in [0.15, 0.2) is 37.1 Å². The first-order valence-corrected chi connectivity index (χ1v) is 12.5. The summed E-state index contributed by atoms with van der Waals surface area (Å²) in [6.45, 7) is 3.46. The SMILES string of the molecule is C=CC(=O)Nc1cc(C2CCCC2)ccc1Nc1nc(N[C@H]2CCC[C@@H](C(N)=O)C2)ncc1C(F)(F)F. The van der Waals surface area contributed by atoms with Crippen molar-refractivity contribution in [2.24, 2.45) is 11.7 Å². The van der Waals surface area contributed by atoms with E-state index in [1.54, 1.807) is 12.1 Å². The van der Waals surface area contributed by atoms with Crippen molar-refractivity contribution >= 4 is 35.0 Å². The van der Waals surface area contributed by atoms with E-state index in [1.807, 2.05) is 6.07 Å². The second kappa shape index (κ2) is 11.2. The van der Waals surface area contributed by atoms with Crippen LogP contribution in [0, 0.1) is 5.92 Å². The molecule has 0 aliphatic heterocycles. The number of amides is 2. The van der Waals surface area contributed by atoms with Crippen molar-refractivity contribution in [2.45, 2.75) is 69.5 Å². The van der Waals surface area contributed by atoms with Gasteiger partial charge >= 0.3 is 6.18 Å². The van der Waals surface area contributed by atoms with E-state index in [4.69, 9.17) is 5.73 Å². The standard InChI is InChI=1S/C26H31F3N6O2/c1-2-22(36)33-21-13-16(15-6-3-4-7-15)10-11-20(21)34-24-19(26(27,28)29)14-31-25(35-24)32-18-9-5-8-17(12-18)23(30)37/h2,10-11,13-15,17-18H,1,3-9,12H2,(H2,30,37)(H,33,36)(H2,31,32,34,35)/t17-,18+/m1/s1. The highest BCUT2D eigenvalue weighted by atomic mass is 19.4. The largest absolute Gasteiger partial charge is 0.421 e. The Bertz CT molecular complexity index is 1160. The van der Waals surface area contributed by atoms with E-state index < -0.39 is 29.4 Å². The molecule has 5 N–H and O–H groups in total. The van der Waals surface area contributed by atoms with Crippen molar-refractivity contribution in [1.29, 1.82) is 0 Å². The zero-order chi connectivity index (χ0) is 26.6. The number of alkyl halides is 3. The van der Waals surface area contributed by atoms with Gasteiger partial charge in [-0.25, -0.2) is 4.98 Å². The molecule has 2 aromatic rings. The highest BCUT2D eigenvalue weighted by Crippen LogP contribution is 2.40.